The van der Waals surface area contributed by atoms with Gasteiger partial charge in [-0.15, -0.1) is 13.2 Å². The second-order valence-electron chi connectivity index (χ2n) is 3.53. The molecule has 1 rings (SSSR count). The maximum Gasteiger partial charge on any atom is 0.573 e. The Hall–Kier alpha value is -2.17. The molecule has 0 aliphatic heterocycles. The summed E-state index contributed by atoms with van der Waals surface area (Å²) in [5, 5.41) is 2.04. The Balaban J connectivity index is 2.43. The maximum absolute atomic E-state index is 11.9. The molecule has 0 aliphatic rings. The predicted molar refractivity (Wildman–Crippen MR) is 57.3 cm³/mol. The molecule has 5 nitrogen and oxygen atoms in total. The molecule has 118 valence electrons. The first-order valence-electron chi connectivity index (χ1n) is 5.16. The molecule has 11 heteroatoms. The number of benzene rings is 1. The van der Waals surface area contributed by atoms with Gasteiger partial charge in [0, 0.05) is 5.69 Å². The monoisotopic (exact) mass is 318 g/mol. The molecule has 0 spiro atoms. The number of rotatable bonds is 4. The standard InChI is InChI=1S/C10H8F6N2O3/c11-9(12,13)5-20-18-8(19)17-6-1-3-7(4-2-6)21-10(14,15)16/h1-4H,5H2,(H2,17,18,19). The molecule has 1 aromatic rings. The van der Waals surface area contributed by atoms with Crippen LogP contribution in [0.3, 0.4) is 0 Å². The largest absolute Gasteiger partial charge is 0.573 e. The highest BCUT2D eigenvalue weighted by atomic mass is 19.4. The van der Waals surface area contributed by atoms with Crippen molar-refractivity contribution >= 4 is 11.7 Å². The van der Waals surface area contributed by atoms with E-state index < -0.39 is 30.9 Å². The zero-order chi connectivity index (χ0) is 16.1. The van der Waals surface area contributed by atoms with Crippen molar-refractivity contribution in [1.82, 2.24) is 5.48 Å². The lowest BCUT2D eigenvalue weighted by molar-refractivity contribution is -0.274. The third-order valence-corrected chi connectivity index (χ3v) is 1.75. The summed E-state index contributed by atoms with van der Waals surface area (Å²) in [7, 11) is 0. The van der Waals surface area contributed by atoms with Crippen LogP contribution in [-0.2, 0) is 4.84 Å². The number of hydrogen-bond acceptors (Lipinski definition) is 3. The fraction of sp³-hybridized carbons (Fsp3) is 0.300. The fourth-order valence-electron chi connectivity index (χ4n) is 1.08. The van der Waals surface area contributed by atoms with Gasteiger partial charge in [0.2, 0.25) is 0 Å². The van der Waals surface area contributed by atoms with Crippen molar-refractivity contribution in [1.29, 1.82) is 0 Å². The van der Waals surface area contributed by atoms with Crippen LogP contribution in [0.5, 0.6) is 5.75 Å². The summed E-state index contributed by atoms with van der Waals surface area (Å²) in [6.07, 6.45) is -9.46. The molecule has 0 atom stereocenters. The van der Waals surface area contributed by atoms with E-state index in [2.05, 4.69) is 9.57 Å². The van der Waals surface area contributed by atoms with Crippen molar-refractivity contribution < 1.29 is 40.7 Å². The summed E-state index contributed by atoms with van der Waals surface area (Å²) in [4.78, 5) is 14.9. The van der Waals surface area contributed by atoms with E-state index in [1.807, 2.05) is 5.32 Å². The summed E-state index contributed by atoms with van der Waals surface area (Å²) in [6.45, 7) is -1.68. The Labute approximate surface area is 113 Å². The number of carbonyl (C=O) groups excluding carboxylic acids is 1. The number of ether oxygens (including phenoxy) is 1. The van der Waals surface area contributed by atoms with Crippen LogP contribution < -0.4 is 15.5 Å². The Bertz CT molecular complexity index is 471. The zero-order valence-electron chi connectivity index (χ0n) is 10.0. The van der Waals surface area contributed by atoms with Crippen molar-refractivity contribution in [2.45, 2.75) is 12.5 Å². The van der Waals surface area contributed by atoms with Gasteiger partial charge in [-0.25, -0.2) is 10.3 Å². The van der Waals surface area contributed by atoms with Gasteiger partial charge in [0.15, 0.2) is 6.61 Å². The van der Waals surface area contributed by atoms with E-state index in [0.717, 1.165) is 24.3 Å². The van der Waals surface area contributed by atoms with E-state index in [1.54, 1.807) is 0 Å². The summed E-state index contributed by atoms with van der Waals surface area (Å²) in [5.41, 5.74) is 1.48. The molecule has 1 aromatic carbocycles. The van der Waals surface area contributed by atoms with Gasteiger partial charge in [0.1, 0.15) is 5.75 Å². The third kappa shape index (κ3) is 7.87. The number of urea groups is 1. The summed E-state index contributed by atoms with van der Waals surface area (Å²) >= 11 is 0. The third-order valence-electron chi connectivity index (χ3n) is 1.75. The van der Waals surface area contributed by atoms with E-state index in [1.165, 1.54) is 5.48 Å². The number of amides is 2. The number of halogens is 6. The van der Waals surface area contributed by atoms with Gasteiger partial charge >= 0.3 is 18.6 Å². The predicted octanol–water partition coefficient (Wildman–Crippen LogP) is 3.20. The smallest absolute Gasteiger partial charge is 0.406 e. The summed E-state index contributed by atoms with van der Waals surface area (Å²) < 4.78 is 74.3. The van der Waals surface area contributed by atoms with Crippen molar-refractivity contribution in [2.75, 3.05) is 11.9 Å². The van der Waals surface area contributed by atoms with Crippen LogP contribution in [0.25, 0.3) is 0 Å². The van der Waals surface area contributed by atoms with Crippen molar-refractivity contribution in [3.05, 3.63) is 24.3 Å². The van der Waals surface area contributed by atoms with Crippen LogP contribution in [-0.4, -0.2) is 25.2 Å². The Morgan fingerprint density at radius 1 is 1.05 bits per heavy atom. The van der Waals surface area contributed by atoms with Crippen LogP contribution in [0, 0.1) is 0 Å². The van der Waals surface area contributed by atoms with E-state index in [9.17, 15) is 31.1 Å². The first-order valence-corrected chi connectivity index (χ1v) is 5.16. The Morgan fingerprint density at radius 2 is 1.62 bits per heavy atom. The van der Waals surface area contributed by atoms with Gasteiger partial charge in [-0.1, -0.05) is 0 Å². The zero-order valence-corrected chi connectivity index (χ0v) is 10.0. The lowest BCUT2D eigenvalue weighted by Crippen LogP contribution is -2.32. The molecular formula is C10H8F6N2O3. The normalized spacial score (nSPS) is 11.9. The molecule has 0 aromatic heterocycles. The van der Waals surface area contributed by atoms with Crippen LogP contribution in [0.2, 0.25) is 0 Å². The molecule has 0 fully saturated rings. The molecule has 21 heavy (non-hydrogen) atoms. The molecule has 0 saturated carbocycles. The van der Waals surface area contributed by atoms with Gasteiger partial charge in [0.25, 0.3) is 0 Å². The van der Waals surface area contributed by atoms with Gasteiger partial charge in [-0.05, 0) is 24.3 Å². The van der Waals surface area contributed by atoms with Crippen LogP contribution in [0.15, 0.2) is 24.3 Å². The SMILES string of the molecule is O=C(NOCC(F)(F)F)Nc1ccc(OC(F)(F)F)cc1. The van der Waals surface area contributed by atoms with E-state index in [4.69, 9.17) is 0 Å². The topological polar surface area (TPSA) is 59.6 Å². The molecule has 0 heterocycles. The minimum absolute atomic E-state index is 0.0256. The van der Waals surface area contributed by atoms with E-state index in [-0.39, 0.29) is 5.69 Å². The van der Waals surface area contributed by atoms with Crippen molar-refractivity contribution in [3.63, 3.8) is 0 Å². The highest BCUT2D eigenvalue weighted by Gasteiger charge is 2.31. The van der Waals surface area contributed by atoms with Crippen molar-refractivity contribution in [2.24, 2.45) is 0 Å². The maximum atomic E-state index is 11.9. The number of alkyl halides is 6. The van der Waals surface area contributed by atoms with Crippen LogP contribution in [0.1, 0.15) is 0 Å². The second kappa shape index (κ2) is 6.52. The van der Waals surface area contributed by atoms with Crippen LogP contribution in [0.4, 0.5) is 36.8 Å². The highest BCUT2D eigenvalue weighted by Crippen LogP contribution is 2.23. The van der Waals surface area contributed by atoms with E-state index >= 15 is 0 Å². The lowest BCUT2D eigenvalue weighted by atomic mass is 10.3. The summed E-state index contributed by atoms with van der Waals surface area (Å²) in [6, 6.07) is 2.83. The quantitative estimate of drug-likeness (QED) is 0.662. The van der Waals surface area contributed by atoms with Crippen LogP contribution >= 0.6 is 0 Å². The Kier molecular flexibility index (Phi) is 5.24. The van der Waals surface area contributed by atoms with Crippen molar-refractivity contribution in [3.8, 4) is 5.75 Å². The molecule has 0 unspecified atom stereocenters. The minimum Gasteiger partial charge on any atom is -0.406 e. The van der Waals surface area contributed by atoms with Gasteiger partial charge in [-0.3, -0.25) is 4.84 Å². The molecule has 0 aliphatic carbocycles. The first-order chi connectivity index (χ1) is 9.55. The molecule has 2 amide bonds. The van der Waals surface area contributed by atoms with Gasteiger partial charge in [0.05, 0.1) is 0 Å². The number of hydrogen-bond donors (Lipinski definition) is 2. The average molecular weight is 318 g/mol. The number of hydroxylamine groups is 1. The number of carbonyl (C=O) groups is 1. The molecule has 0 radical (unpaired) electrons. The second-order valence-corrected chi connectivity index (χ2v) is 3.53. The van der Waals surface area contributed by atoms with Gasteiger partial charge < -0.3 is 10.1 Å². The molecule has 0 saturated heterocycles. The molecular weight excluding hydrogens is 310 g/mol. The summed E-state index contributed by atoms with van der Waals surface area (Å²) in [5.74, 6) is -0.512. The first kappa shape index (κ1) is 16.9. The lowest BCUT2D eigenvalue weighted by Gasteiger charge is -2.11. The minimum atomic E-state index is -4.85. The molecule has 0 bridgehead atoms. The average Bonchev–Trinajstić information content (AvgIpc) is 2.28. The molecule has 2 N–H and O–H groups in total. The Morgan fingerprint density at radius 3 is 2.10 bits per heavy atom. The van der Waals surface area contributed by atoms with Gasteiger partial charge in [-0.2, -0.15) is 13.2 Å². The number of anilines is 1. The van der Waals surface area contributed by atoms with E-state index in [0.29, 0.717) is 0 Å². The fourth-order valence-corrected chi connectivity index (χ4v) is 1.08. The number of nitrogens with one attached hydrogen (secondary N) is 2. The highest BCUT2D eigenvalue weighted by molar-refractivity contribution is 5.88.